The van der Waals surface area contributed by atoms with E-state index in [1.807, 2.05) is 42.5 Å². The van der Waals surface area contributed by atoms with Crippen LogP contribution in [-0.4, -0.2) is 12.5 Å². The van der Waals surface area contributed by atoms with Gasteiger partial charge in [-0.3, -0.25) is 4.79 Å². The van der Waals surface area contributed by atoms with Crippen LogP contribution < -0.4 is 5.32 Å². The molecule has 182 valence electrons. The molecule has 2 aliphatic carbocycles. The van der Waals surface area contributed by atoms with Crippen LogP contribution >= 0.6 is 0 Å². The van der Waals surface area contributed by atoms with Gasteiger partial charge in [0.15, 0.2) is 0 Å². The van der Waals surface area contributed by atoms with Crippen molar-refractivity contribution in [2.75, 3.05) is 6.54 Å². The first-order valence-corrected chi connectivity index (χ1v) is 13.4. The van der Waals surface area contributed by atoms with E-state index in [1.54, 1.807) is 11.1 Å². The molecule has 1 N–H and O–H groups in total. The van der Waals surface area contributed by atoms with Crippen LogP contribution in [0.25, 0.3) is 11.1 Å². The van der Waals surface area contributed by atoms with Gasteiger partial charge in [-0.15, -0.1) is 0 Å². The lowest BCUT2D eigenvalue weighted by Gasteiger charge is -2.55. The molecule has 5 rings (SSSR count). The average molecular weight is 466 g/mol. The summed E-state index contributed by atoms with van der Waals surface area (Å²) in [6.07, 6.45) is 5.98. The Balaban J connectivity index is 1.40. The van der Waals surface area contributed by atoms with Gasteiger partial charge < -0.3 is 5.32 Å². The van der Waals surface area contributed by atoms with Crippen molar-refractivity contribution in [3.63, 3.8) is 0 Å². The van der Waals surface area contributed by atoms with Crippen LogP contribution in [0.1, 0.15) is 86.3 Å². The Labute approximate surface area is 211 Å². The summed E-state index contributed by atoms with van der Waals surface area (Å²) < 4.78 is 0. The highest BCUT2D eigenvalue weighted by molar-refractivity contribution is 6.00. The molecule has 1 fully saturated rings. The van der Waals surface area contributed by atoms with Crippen molar-refractivity contribution < 1.29 is 4.79 Å². The minimum absolute atomic E-state index is 0.0382. The van der Waals surface area contributed by atoms with Crippen molar-refractivity contribution in [3.05, 3.63) is 95.1 Å². The van der Waals surface area contributed by atoms with Crippen LogP contribution in [0.4, 0.5) is 0 Å². The van der Waals surface area contributed by atoms with Crippen molar-refractivity contribution in [1.82, 2.24) is 5.32 Å². The molecule has 0 saturated heterocycles. The van der Waals surface area contributed by atoms with Gasteiger partial charge in [0, 0.05) is 12.1 Å². The lowest BCUT2D eigenvalue weighted by Crippen LogP contribution is -2.53. The van der Waals surface area contributed by atoms with Gasteiger partial charge in [-0.05, 0) is 82.2 Å². The van der Waals surface area contributed by atoms with Crippen LogP contribution in [0.3, 0.4) is 0 Å². The van der Waals surface area contributed by atoms with E-state index in [4.69, 9.17) is 0 Å². The Morgan fingerprint density at radius 3 is 2.49 bits per heavy atom. The van der Waals surface area contributed by atoms with Gasteiger partial charge in [0.05, 0.1) is 0 Å². The van der Waals surface area contributed by atoms with E-state index >= 15 is 0 Å². The van der Waals surface area contributed by atoms with E-state index in [0.717, 1.165) is 29.7 Å². The number of carbonyl (C=O) groups excluding carboxylic acids is 1. The van der Waals surface area contributed by atoms with Crippen molar-refractivity contribution in [1.29, 1.82) is 0 Å². The second kappa shape index (κ2) is 9.30. The average Bonchev–Trinajstić information content (AvgIpc) is 2.87. The van der Waals surface area contributed by atoms with Crippen molar-refractivity contribution >= 4 is 5.91 Å². The molecule has 0 spiro atoms. The van der Waals surface area contributed by atoms with E-state index in [-0.39, 0.29) is 16.7 Å². The maximum absolute atomic E-state index is 13.5. The maximum atomic E-state index is 13.5. The Morgan fingerprint density at radius 1 is 0.971 bits per heavy atom. The Kier molecular flexibility index (Phi) is 6.34. The number of rotatable bonds is 5. The second-order valence-corrected chi connectivity index (χ2v) is 11.7. The fourth-order valence-corrected chi connectivity index (χ4v) is 7.11. The van der Waals surface area contributed by atoms with Crippen molar-refractivity contribution in [2.45, 2.75) is 71.1 Å². The van der Waals surface area contributed by atoms with Gasteiger partial charge in [-0.25, -0.2) is 0 Å². The van der Waals surface area contributed by atoms with Crippen LogP contribution in [0, 0.1) is 11.3 Å². The summed E-state index contributed by atoms with van der Waals surface area (Å²) >= 11 is 0. The molecule has 0 radical (unpaired) electrons. The fraction of sp³-hybridized carbons (Fsp3) is 0.424. The summed E-state index contributed by atoms with van der Waals surface area (Å²) in [6.45, 7) is 10.2. The summed E-state index contributed by atoms with van der Waals surface area (Å²) in [5.41, 5.74) is 7.68. The van der Waals surface area contributed by atoms with E-state index in [2.05, 4.69) is 63.3 Å². The summed E-state index contributed by atoms with van der Waals surface area (Å²) in [7, 11) is 0. The number of aryl methyl sites for hydroxylation is 1. The molecule has 2 heteroatoms. The van der Waals surface area contributed by atoms with Gasteiger partial charge in [0.2, 0.25) is 0 Å². The lowest BCUT2D eigenvalue weighted by molar-refractivity contribution is 0.0254. The van der Waals surface area contributed by atoms with Crippen LogP contribution in [0.15, 0.2) is 72.8 Å². The van der Waals surface area contributed by atoms with Crippen LogP contribution in [0.5, 0.6) is 0 Å². The largest absolute Gasteiger partial charge is 0.351 e. The maximum Gasteiger partial charge on any atom is 0.251 e. The van der Waals surface area contributed by atoms with E-state index in [0.29, 0.717) is 11.8 Å². The Morgan fingerprint density at radius 2 is 1.71 bits per heavy atom. The molecule has 1 saturated carbocycles. The molecule has 0 bridgehead atoms. The summed E-state index contributed by atoms with van der Waals surface area (Å²) in [5.74, 6) is 1.16. The molecular weight excluding hydrogens is 426 g/mol. The number of fused-ring (bicyclic) bond motifs is 3. The molecule has 0 aromatic heterocycles. The highest BCUT2D eigenvalue weighted by Crippen LogP contribution is 2.57. The van der Waals surface area contributed by atoms with Gasteiger partial charge >= 0.3 is 0 Å². The number of hydrogen-bond donors (Lipinski definition) is 1. The van der Waals surface area contributed by atoms with E-state index in [9.17, 15) is 4.79 Å². The predicted molar refractivity (Wildman–Crippen MR) is 146 cm³/mol. The lowest BCUT2D eigenvalue weighted by atomic mass is 9.49. The molecule has 35 heavy (non-hydrogen) atoms. The molecular formula is C33H39NO. The number of benzene rings is 3. The molecule has 0 unspecified atom stereocenters. The SMILES string of the molecule is CC(C)c1ccc2c(c1)[C@]1(C)CCC[C@@](C)(CNC(=O)c3ccccc3-c3ccccc3)[C@@H]1CC2. The molecule has 2 nitrogen and oxygen atoms in total. The number of amides is 1. The van der Waals surface area contributed by atoms with Crippen molar-refractivity contribution in [3.8, 4) is 11.1 Å². The highest BCUT2D eigenvalue weighted by atomic mass is 16.1. The second-order valence-electron chi connectivity index (χ2n) is 11.7. The number of carbonyl (C=O) groups is 1. The zero-order valence-corrected chi connectivity index (χ0v) is 21.7. The smallest absolute Gasteiger partial charge is 0.251 e. The minimum atomic E-state index is 0.0382. The van der Waals surface area contributed by atoms with Crippen LogP contribution in [0.2, 0.25) is 0 Å². The summed E-state index contributed by atoms with van der Waals surface area (Å²) in [5, 5.41) is 3.38. The molecule has 3 atom stereocenters. The Hall–Kier alpha value is -2.87. The van der Waals surface area contributed by atoms with Crippen molar-refractivity contribution in [2.24, 2.45) is 11.3 Å². The Bertz CT molecular complexity index is 1210. The predicted octanol–water partition coefficient (Wildman–Crippen LogP) is 7.92. The molecule has 3 aromatic carbocycles. The van der Waals surface area contributed by atoms with Gasteiger partial charge in [0.25, 0.3) is 5.91 Å². The van der Waals surface area contributed by atoms with E-state index < -0.39 is 0 Å². The molecule has 2 aliphatic rings. The highest BCUT2D eigenvalue weighted by Gasteiger charge is 2.51. The topological polar surface area (TPSA) is 29.1 Å². The zero-order valence-electron chi connectivity index (χ0n) is 21.7. The van der Waals surface area contributed by atoms with Gasteiger partial charge in [-0.1, -0.05) is 101 Å². The molecule has 1 amide bonds. The van der Waals surface area contributed by atoms with Crippen LogP contribution in [-0.2, 0) is 11.8 Å². The summed E-state index contributed by atoms with van der Waals surface area (Å²) in [4.78, 5) is 13.5. The standard InChI is InChI=1S/C33H39NO/c1-23(2)26-16-15-25-17-18-30-32(3,19-10-20-33(30,4)29(25)21-26)22-34-31(35)28-14-9-8-13-27(28)24-11-6-5-7-12-24/h5-9,11-16,21,23,30H,10,17-20,22H2,1-4H3,(H,34,35)/t30-,32-,33-/m0/s1. The van der Waals surface area contributed by atoms with E-state index in [1.165, 1.54) is 31.2 Å². The third-order valence-electron chi connectivity index (χ3n) is 9.08. The normalized spacial score (nSPS) is 25.6. The molecule has 0 heterocycles. The van der Waals surface area contributed by atoms with Gasteiger partial charge in [0.1, 0.15) is 0 Å². The molecule has 3 aromatic rings. The molecule has 0 aliphatic heterocycles. The minimum Gasteiger partial charge on any atom is -0.351 e. The first kappa shape index (κ1) is 23.9. The number of hydrogen-bond acceptors (Lipinski definition) is 1. The first-order valence-electron chi connectivity index (χ1n) is 13.4. The van der Waals surface area contributed by atoms with Gasteiger partial charge in [-0.2, -0.15) is 0 Å². The zero-order chi connectivity index (χ0) is 24.6. The third-order valence-corrected chi connectivity index (χ3v) is 9.08. The third kappa shape index (κ3) is 4.33. The monoisotopic (exact) mass is 465 g/mol. The first-order chi connectivity index (χ1) is 16.8. The number of nitrogens with one attached hydrogen (secondary N) is 1. The fourth-order valence-electron chi connectivity index (χ4n) is 7.11. The summed E-state index contributed by atoms with van der Waals surface area (Å²) in [6, 6.07) is 25.4. The quantitative estimate of drug-likeness (QED) is 0.407.